The van der Waals surface area contributed by atoms with Crippen LogP contribution in [-0.2, 0) is 40.4 Å². The first-order valence-corrected chi connectivity index (χ1v) is 24.5. The van der Waals surface area contributed by atoms with Gasteiger partial charge in [-0.3, -0.25) is 23.9 Å². The number of rotatable bonds is 10. The quantitative estimate of drug-likeness (QED) is 0.189. The van der Waals surface area contributed by atoms with Crippen LogP contribution >= 0.6 is 0 Å². The Hall–Kier alpha value is -4.99. The minimum absolute atomic E-state index is 0.0216. The fourth-order valence-corrected chi connectivity index (χ4v) is 11.6. The van der Waals surface area contributed by atoms with Gasteiger partial charge in [0, 0.05) is 24.1 Å². The van der Waals surface area contributed by atoms with E-state index in [4.69, 9.17) is 19.2 Å². The molecule has 16 heteroatoms. The smallest absolute Gasteiger partial charge is 0.408 e. The lowest BCUT2D eigenvalue weighted by molar-refractivity contribution is -0.145. The third-order valence-electron chi connectivity index (χ3n) is 14.0. The number of benzene rings is 1. The lowest BCUT2D eigenvalue weighted by Crippen LogP contribution is -2.70. The van der Waals surface area contributed by atoms with Crippen molar-refractivity contribution in [2.24, 2.45) is 23.7 Å². The summed E-state index contributed by atoms with van der Waals surface area (Å²) < 4.78 is 47.2. The van der Waals surface area contributed by atoms with Gasteiger partial charge in [0.2, 0.25) is 27.7 Å². The molecule has 1 aromatic heterocycles. The van der Waals surface area contributed by atoms with Crippen LogP contribution in [0.15, 0.2) is 49.1 Å². The number of nitrogens with one attached hydrogen (secondary N) is 3. The number of hydrogen-bond acceptors (Lipinski definition) is 11. The van der Waals surface area contributed by atoms with Crippen molar-refractivity contribution >= 4 is 50.7 Å². The molecule has 63 heavy (non-hydrogen) atoms. The number of hydrogen-bond donors (Lipinski definition) is 3. The van der Waals surface area contributed by atoms with Crippen molar-refractivity contribution in [3.05, 3.63) is 54.6 Å². The van der Waals surface area contributed by atoms with Crippen LogP contribution in [0.25, 0.3) is 10.9 Å². The monoisotopic (exact) mass is 887 g/mol. The molecular weight excluding hydrogens is 827 g/mol. The van der Waals surface area contributed by atoms with Crippen LogP contribution in [-0.4, -0.2) is 89.7 Å². The Balaban J connectivity index is 1.18. The summed E-state index contributed by atoms with van der Waals surface area (Å²) in [5.41, 5.74) is -0.539. The molecule has 1 aromatic carbocycles. The Labute approximate surface area is 369 Å². The summed E-state index contributed by atoms with van der Waals surface area (Å²) >= 11 is 0. The Kier molecular flexibility index (Phi) is 13.2. The molecule has 4 saturated carbocycles. The molecule has 6 aliphatic rings. The number of alkyl carbamates (subject to hydrolysis) is 1. The lowest BCUT2D eigenvalue weighted by Gasteiger charge is -2.47. The third-order valence-corrected chi connectivity index (χ3v) is 15.8. The molecule has 5 fully saturated rings. The zero-order valence-corrected chi connectivity index (χ0v) is 37.2. The molecule has 1 saturated heterocycles. The molecule has 0 spiro atoms. The number of allylic oxidation sites excluding steroid dienone is 2. The Morgan fingerprint density at radius 1 is 1.00 bits per heavy atom. The molecule has 15 nitrogen and oxygen atoms in total. The largest absolute Gasteiger partial charge is 0.472 e. The van der Waals surface area contributed by atoms with Gasteiger partial charge in [-0.15, -0.1) is 6.58 Å². The standard InChI is InChI=1S/C47H61N5O10S/c1-4-31-23-24-47(31,45(56)51-63(58,59)33-21-22-33)50-42(54)37-26-32-27-52(37)44(55)40(30-14-8-9-15-30)49-46(57)61-38-20-12-16-29(38)13-6-5-7-18-35-41(62-39(53)25-28(2)3)34-17-10-11-19-36(34)48-43(35)60-32/h4-5,7,10-11,17,19,28-33,37-38,40H,1,6,8-9,12-16,18,20-27H2,2-3H3,(H,49,57)(H,50,54)(H,51,56). The molecule has 2 bridgehead atoms. The average Bonchev–Trinajstić information content (AvgIpc) is 3.57. The number of para-hydroxylation sites is 1. The number of amides is 4. The van der Waals surface area contributed by atoms with Gasteiger partial charge in [-0.05, 0) is 107 Å². The number of fused-ring (bicyclic) bond motifs is 5. The molecule has 3 N–H and O–H groups in total. The second kappa shape index (κ2) is 18.6. The maximum Gasteiger partial charge on any atom is 0.408 e. The zero-order chi connectivity index (χ0) is 44.5. The summed E-state index contributed by atoms with van der Waals surface area (Å²) in [5.74, 6) is -2.42. The molecule has 7 unspecified atom stereocenters. The minimum Gasteiger partial charge on any atom is -0.472 e. The summed E-state index contributed by atoms with van der Waals surface area (Å²) in [6.07, 6.45) is 13.1. The van der Waals surface area contributed by atoms with Crippen molar-refractivity contribution in [3.8, 4) is 11.6 Å². The van der Waals surface area contributed by atoms with E-state index in [9.17, 15) is 27.6 Å². The molecular formula is C47H61N5O10S. The number of carbonyl (C=O) groups is 5. The number of ether oxygens (including phenoxy) is 3. The van der Waals surface area contributed by atoms with Crippen molar-refractivity contribution < 1.29 is 46.6 Å². The number of nitrogens with zero attached hydrogens (tertiary/aromatic N) is 2. The van der Waals surface area contributed by atoms with E-state index in [-0.39, 0.29) is 55.5 Å². The predicted octanol–water partition coefficient (Wildman–Crippen LogP) is 5.94. The second-order valence-electron chi connectivity index (χ2n) is 18.9. The van der Waals surface area contributed by atoms with Crippen LogP contribution in [0.1, 0.15) is 116 Å². The highest BCUT2D eigenvalue weighted by Crippen LogP contribution is 2.42. The van der Waals surface area contributed by atoms with E-state index < -0.39 is 74.7 Å². The van der Waals surface area contributed by atoms with E-state index in [1.165, 1.54) is 4.90 Å². The van der Waals surface area contributed by atoms with Crippen LogP contribution in [0, 0.1) is 23.7 Å². The number of pyridine rings is 1. The highest BCUT2D eigenvalue weighted by Gasteiger charge is 2.56. The summed E-state index contributed by atoms with van der Waals surface area (Å²) in [5, 5.41) is 5.83. The van der Waals surface area contributed by atoms with Crippen molar-refractivity contribution in [1.82, 2.24) is 25.2 Å². The Bertz CT molecular complexity index is 2250. The van der Waals surface area contributed by atoms with Crippen LogP contribution in [0.4, 0.5) is 4.79 Å². The summed E-state index contributed by atoms with van der Waals surface area (Å²) in [6, 6.07) is 5.15. The summed E-state index contributed by atoms with van der Waals surface area (Å²) in [7, 11) is -3.95. The maximum absolute atomic E-state index is 15.1. The van der Waals surface area contributed by atoms with Gasteiger partial charge in [0.05, 0.1) is 22.9 Å². The van der Waals surface area contributed by atoms with Crippen molar-refractivity contribution in [2.45, 2.75) is 152 Å². The van der Waals surface area contributed by atoms with Gasteiger partial charge in [0.1, 0.15) is 35.6 Å². The van der Waals surface area contributed by atoms with Gasteiger partial charge < -0.3 is 29.7 Å². The van der Waals surface area contributed by atoms with Crippen LogP contribution in [0.5, 0.6) is 11.6 Å². The van der Waals surface area contributed by atoms with E-state index in [1.54, 1.807) is 12.1 Å². The van der Waals surface area contributed by atoms with Crippen LogP contribution in [0.3, 0.4) is 0 Å². The minimum atomic E-state index is -3.95. The summed E-state index contributed by atoms with van der Waals surface area (Å²) in [4.78, 5) is 77.3. The first kappa shape index (κ1) is 44.6. The molecule has 340 valence electrons. The normalized spacial score (nSPS) is 29.3. The Morgan fingerprint density at radius 3 is 2.48 bits per heavy atom. The first-order valence-electron chi connectivity index (χ1n) is 23.0. The highest BCUT2D eigenvalue weighted by atomic mass is 32.2. The van der Waals surface area contributed by atoms with Gasteiger partial charge >= 0.3 is 12.1 Å². The zero-order valence-electron chi connectivity index (χ0n) is 36.4. The van der Waals surface area contributed by atoms with E-state index >= 15 is 4.79 Å². The third kappa shape index (κ3) is 9.61. The van der Waals surface area contributed by atoms with E-state index in [0.29, 0.717) is 60.7 Å². The molecule has 2 aromatic rings. The molecule has 8 rings (SSSR count). The lowest BCUT2D eigenvalue weighted by atomic mass is 9.66. The van der Waals surface area contributed by atoms with Gasteiger partial charge in [0.25, 0.3) is 5.91 Å². The average molecular weight is 888 g/mol. The van der Waals surface area contributed by atoms with E-state index in [2.05, 4.69) is 28.0 Å². The van der Waals surface area contributed by atoms with Crippen molar-refractivity contribution in [2.75, 3.05) is 6.54 Å². The molecule has 4 aliphatic carbocycles. The Morgan fingerprint density at radius 2 is 1.76 bits per heavy atom. The molecule has 3 heterocycles. The SMILES string of the molecule is C=CC1CCC1(NC(=O)C1CC2CN1C(=O)C(C1CCCC1)NC(=O)OC1CCCC1CCC=CCc1c(nc3ccccc3c1OC(=O)CC(C)C)O2)C(=O)NS(=O)(=O)C1CC1. The molecule has 7 atom stereocenters. The van der Waals surface area contributed by atoms with Gasteiger partial charge in [0.15, 0.2) is 0 Å². The van der Waals surface area contributed by atoms with Gasteiger partial charge in [-0.25, -0.2) is 18.2 Å². The number of esters is 1. The van der Waals surface area contributed by atoms with Crippen molar-refractivity contribution in [3.63, 3.8) is 0 Å². The maximum atomic E-state index is 15.1. The number of sulfonamides is 1. The number of aromatic nitrogens is 1. The molecule has 2 aliphatic heterocycles. The topological polar surface area (TPSA) is 199 Å². The van der Waals surface area contributed by atoms with Crippen LogP contribution in [0.2, 0.25) is 0 Å². The fraction of sp³-hybridized carbons (Fsp3) is 0.617. The van der Waals surface area contributed by atoms with Crippen LogP contribution < -0.4 is 24.8 Å². The summed E-state index contributed by atoms with van der Waals surface area (Å²) in [6.45, 7) is 7.69. The van der Waals surface area contributed by atoms with E-state index in [1.807, 2.05) is 38.1 Å². The first-order chi connectivity index (χ1) is 30.3. The molecule has 4 amide bonds. The van der Waals surface area contributed by atoms with E-state index in [0.717, 1.165) is 44.9 Å². The second-order valence-corrected chi connectivity index (χ2v) is 20.8. The highest BCUT2D eigenvalue weighted by molar-refractivity contribution is 7.91. The fourth-order valence-electron chi connectivity index (χ4n) is 10.3. The van der Waals surface area contributed by atoms with Gasteiger partial charge in [-0.2, -0.15) is 0 Å². The molecule has 0 radical (unpaired) electrons. The predicted molar refractivity (Wildman–Crippen MR) is 234 cm³/mol. The van der Waals surface area contributed by atoms with Gasteiger partial charge in [-0.1, -0.05) is 57.0 Å². The number of carbonyl (C=O) groups excluding carboxylic acids is 5. The van der Waals surface area contributed by atoms with Crippen molar-refractivity contribution in [1.29, 1.82) is 0 Å².